The van der Waals surface area contributed by atoms with Crippen molar-refractivity contribution < 1.29 is 9.47 Å². The molecule has 1 atom stereocenters. The van der Waals surface area contributed by atoms with Gasteiger partial charge in [-0.2, -0.15) is 0 Å². The summed E-state index contributed by atoms with van der Waals surface area (Å²) in [6, 6.07) is 8.15. The van der Waals surface area contributed by atoms with E-state index in [2.05, 4.69) is 18.4 Å². The minimum Gasteiger partial charge on any atom is -0.493 e. The zero-order valence-electron chi connectivity index (χ0n) is 11.3. The van der Waals surface area contributed by atoms with Crippen LogP contribution in [0.5, 0.6) is 5.75 Å². The highest BCUT2D eigenvalue weighted by atomic mass is 16.5. The molecule has 0 saturated heterocycles. The highest BCUT2D eigenvalue weighted by Gasteiger charge is 2.14. The second kappa shape index (κ2) is 8.91. The number of hydrazine groups is 1. The summed E-state index contributed by atoms with van der Waals surface area (Å²) < 4.78 is 10.8. The van der Waals surface area contributed by atoms with E-state index >= 15 is 0 Å². The van der Waals surface area contributed by atoms with Gasteiger partial charge in [-0.05, 0) is 25.3 Å². The third-order valence-corrected chi connectivity index (χ3v) is 2.80. The van der Waals surface area contributed by atoms with Gasteiger partial charge in [0.15, 0.2) is 0 Å². The summed E-state index contributed by atoms with van der Waals surface area (Å²) in [4.78, 5) is 0. The molecule has 0 aliphatic heterocycles. The summed E-state index contributed by atoms with van der Waals surface area (Å²) in [5.74, 6) is 6.55. The van der Waals surface area contributed by atoms with Gasteiger partial charge in [-0.25, -0.2) is 0 Å². The van der Waals surface area contributed by atoms with E-state index in [9.17, 15) is 0 Å². The van der Waals surface area contributed by atoms with E-state index < -0.39 is 0 Å². The Morgan fingerprint density at radius 2 is 2.06 bits per heavy atom. The molecule has 1 unspecified atom stereocenters. The molecule has 0 fully saturated rings. The van der Waals surface area contributed by atoms with Crippen LogP contribution in [-0.2, 0) is 4.74 Å². The number of benzene rings is 1. The van der Waals surface area contributed by atoms with Gasteiger partial charge in [-0.1, -0.05) is 25.1 Å². The van der Waals surface area contributed by atoms with Gasteiger partial charge in [0.1, 0.15) is 5.75 Å². The Labute approximate surface area is 109 Å². The van der Waals surface area contributed by atoms with E-state index in [0.29, 0.717) is 0 Å². The fourth-order valence-corrected chi connectivity index (χ4v) is 1.87. The van der Waals surface area contributed by atoms with E-state index in [0.717, 1.165) is 43.8 Å². The first kappa shape index (κ1) is 15.0. The number of ether oxygens (including phenoxy) is 2. The van der Waals surface area contributed by atoms with Crippen LogP contribution >= 0.6 is 0 Å². The third-order valence-electron chi connectivity index (χ3n) is 2.80. The number of methoxy groups -OCH3 is 1. The van der Waals surface area contributed by atoms with Crippen molar-refractivity contribution in [2.45, 2.75) is 32.2 Å². The molecule has 0 aromatic heterocycles. The third kappa shape index (κ3) is 4.64. The second-order valence-electron chi connectivity index (χ2n) is 4.24. The van der Waals surface area contributed by atoms with E-state index in [-0.39, 0.29) is 6.04 Å². The Morgan fingerprint density at radius 3 is 2.72 bits per heavy atom. The van der Waals surface area contributed by atoms with Crippen molar-refractivity contribution in [3.63, 3.8) is 0 Å². The molecule has 0 spiro atoms. The van der Waals surface area contributed by atoms with Crippen LogP contribution in [0, 0.1) is 0 Å². The maximum Gasteiger partial charge on any atom is 0.124 e. The molecule has 102 valence electrons. The van der Waals surface area contributed by atoms with E-state index in [1.807, 2.05) is 18.2 Å². The molecule has 4 heteroatoms. The number of nitrogens with one attached hydrogen (secondary N) is 1. The Bertz CT molecular complexity index is 331. The lowest BCUT2D eigenvalue weighted by Crippen LogP contribution is -2.28. The van der Waals surface area contributed by atoms with Crippen LogP contribution in [0.15, 0.2) is 24.3 Å². The number of nitrogens with two attached hydrogens (primary N) is 1. The summed E-state index contributed by atoms with van der Waals surface area (Å²) in [5, 5.41) is 0. The smallest absolute Gasteiger partial charge is 0.124 e. The first-order valence-electron chi connectivity index (χ1n) is 6.50. The summed E-state index contributed by atoms with van der Waals surface area (Å²) >= 11 is 0. The maximum atomic E-state index is 5.75. The van der Waals surface area contributed by atoms with Crippen LogP contribution in [0.25, 0.3) is 0 Å². The van der Waals surface area contributed by atoms with Crippen LogP contribution in [0.3, 0.4) is 0 Å². The molecule has 1 rings (SSSR count). The zero-order valence-corrected chi connectivity index (χ0v) is 11.3. The fourth-order valence-electron chi connectivity index (χ4n) is 1.87. The molecular weight excluding hydrogens is 228 g/mol. The molecular formula is C14H24N2O2. The molecule has 0 heterocycles. The second-order valence-corrected chi connectivity index (χ2v) is 4.24. The summed E-state index contributed by atoms with van der Waals surface area (Å²) in [6.07, 6.45) is 2.89. The monoisotopic (exact) mass is 252 g/mol. The molecule has 1 aromatic carbocycles. The summed E-state index contributed by atoms with van der Waals surface area (Å²) in [5.41, 5.74) is 3.97. The predicted octanol–water partition coefficient (Wildman–Crippen LogP) is 2.41. The molecule has 0 aliphatic rings. The van der Waals surface area contributed by atoms with Gasteiger partial charge >= 0.3 is 0 Å². The molecule has 0 bridgehead atoms. The Balaban J connectivity index is 2.70. The number of para-hydroxylation sites is 1. The number of hydrogen-bond donors (Lipinski definition) is 2. The lowest BCUT2D eigenvalue weighted by Gasteiger charge is -2.19. The van der Waals surface area contributed by atoms with Gasteiger partial charge < -0.3 is 9.47 Å². The number of rotatable bonds is 9. The topological polar surface area (TPSA) is 56.5 Å². The van der Waals surface area contributed by atoms with Crippen LogP contribution in [0.2, 0.25) is 0 Å². The average Bonchev–Trinajstić information content (AvgIpc) is 2.42. The van der Waals surface area contributed by atoms with Crippen molar-refractivity contribution in [3.8, 4) is 5.75 Å². The lowest BCUT2D eigenvalue weighted by molar-refractivity contribution is 0.188. The van der Waals surface area contributed by atoms with Gasteiger partial charge in [-0.3, -0.25) is 11.3 Å². The maximum absolute atomic E-state index is 5.75. The fraction of sp³-hybridized carbons (Fsp3) is 0.571. The predicted molar refractivity (Wildman–Crippen MR) is 73.4 cm³/mol. The molecule has 0 aliphatic carbocycles. The first-order chi connectivity index (χ1) is 8.83. The standard InChI is InChI=1S/C14H24N2O2/c1-3-10-18-14-9-5-4-7-12(14)13(16-15)8-6-11-17-2/h4-5,7,9,13,16H,3,6,8,10-11,15H2,1-2H3. The first-order valence-corrected chi connectivity index (χ1v) is 6.50. The Hall–Kier alpha value is -1.10. The van der Waals surface area contributed by atoms with Gasteiger partial charge in [-0.15, -0.1) is 0 Å². The molecule has 3 N–H and O–H groups in total. The SMILES string of the molecule is CCCOc1ccccc1C(CCCOC)NN. The Morgan fingerprint density at radius 1 is 1.28 bits per heavy atom. The molecule has 0 amide bonds. The Kier molecular flexibility index (Phi) is 7.41. The zero-order chi connectivity index (χ0) is 13.2. The van der Waals surface area contributed by atoms with Gasteiger partial charge in [0.25, 0.3) is 0 Å². The highest BCUT2D eigenvalue weighted by molar-refractivity contribution is 5.35. The average molecular weight is 252 g/mol. The van der Waals surface area contributed by atoms with E-state index in [1.54, 1.807) is 7.11 Å². The molecule has 18 heavy (non-hydrogen) atoms. The van der Waals surface area contributed by atoms with Crippen molar-refractivity contribution in [2.24, 2.45) is 5.84 Å². The van der Waals surface area contributed by atoms with Gasteiger partial charge in [0.05, 0.1) is 6.61 Å². The van der Waals surface area contributed by atoms with Crippen LogP contribution in [0.1, 0.15) is 37.8 Å². The molecule has 4 nitrogen and oxygen atoms in total. The van der Waals surface area contributed by atoms with Gasteiger partial charge in [0, 0.05) is 25.3 Å². The van der Waals surface area contributed by atoms with Crippen LogP contribution < -0.4 is 16.0 Å². The van der Waals surface area contributed by atoms with Crippen molar-refractivity contribution in [1.82, 2.24) is 5.43 Å². The summed E-state index contributed by atoms with van der Waals surface area (Å²) in [7, 11) is 1.71. The normalized spacial score (nSPS) is 12.4. The highest BCUT2D eigenvalue weighted by Crippen LogP contribution is 2.27. The minimum atomic E-state index is 0.105. The van der Waals surface area contributed by atoms with Crippen LogP contribution in [-0.4, -0.2) is 20.3 Å². The van der Waals surface area contributed by atoms with Gasteiger partial charge in [0.2, 0.25) is 0 Å². The van der Waals surface area contributed by atoms with E-state index in [1.165, 1.54) is 0 Å². The van der Waals surface area contributed by atoms with Crippen LogP contribution in [0.4, 0.5) is 0 Å². The van der Waals surface area contributed by atoms with Crippen molar-refractivity contribution in [3.05, 3.63) is 29.8 Å². The van der Waals surface area contributed by atoms with Crippen molar-refractivity contribution in [1.29, 1.82) is 0 Å². The quantitative estimate of drug-likeness (QED) is 0.402. The number of hydrogen-bond acceptors (Lipinski definition) is 4. The largest absolute Gasteiger partial charge is 0.493 e. The summed E-state index contributed by atoms with van der Waals surface area (Å²) in [6.45, 7) is 3.57. The van der Waals surface area contributed by atoms with E-state index in [4.69, 9.17) is 15.3 Å². The molecule has 0 radical (unpaired) electrons. The molecule has 1 aromatic rings. The molecule has 0 saturated carbocycles. The van der Waals surface area contributed by atoms with Crippen molar-refractivity contribution >= 4 is 0 Å². The van der Waals surface area contributed by atoms with Crippen molar-refractivity contribution in [2.75, 3.05) is 20.3 Å². The lowest BCUT2D eigenvalue weighted by atomic mass is 10.0. The minimum absolute atomic E-state index is 0.105.